The Bertz CT molecular complexity index is 2910. The fraction of sp³-hybridized carbons (Fsp3) is 0.509. The molecule has 3 N–H and O–H groups in total. The number of rotatable bonds is 14. The van der Waals surface area contributed by atoms with E-state index < -0.39 is 40.7 Å². The van der Waals surface area contributed by atoms with Crippen LogP contribution >= 0.6 is 24.8 Å². The minimum Gasteiger partial charge on any atom is -0.477 e. The number of nitrogens with two attached hydrogens (primary N) is 1. The van der Waals surface area contributed by atoms with Crippen LogP contribution in [-0.4, -0.2) is 134 Å². The Kier molecular flexibility index (Phi) is 30.6. The van der Waals surface area contributed by atoms with Gasteiger partial charge in [0, 0.05) is 72.6 Å². The summed E-state index contributed by atoms with van der Waals surface area (Å²) in [5, 5.41) is 8.86. The fourth-order valence-corrected chi connectivity index (χ4v) is 6.38. The highest BCUT2D eigenvalue weighted by molar-refractivity contribution is 5.96. The first kappa shape index (κ1) is 74.3. The first-order valence-corrected chi connectivity index (χ1v) is 24.1. The van der Waals surface area contributed by atoms with E-state index in [1.54, 1.807) is 146 Å². The van der Waals surface area contributed by atoms with Gasteiger partial charge in [0.05, 0.1) is 64.1 Å². The number of halogens is 2. The van der Waals surface area contributed by atoms with Gasteiger partial charge < -0.3 is 66.9 Å². The molecule has 0 radical (unpaired) electrons. The van der Waals surface area contributed by atoms with E-state index in [4.69, 9.17) is 25.1 Å². The maximum absolute atomic E-state index is 12.6. The fourth-order valence-electron chi connectivity index (χ4n) is 6.38. The minimum atomic E-state index is -1.01. The Labute approximate surface area is 478 Å². The molecule has 0 fully saturated rings. The number of carboxylic acids is 1. The number of methoxy groups -OCH3 is 3. The van der Waals surface area contributed by atoms with E-state index in [1.165, 1.54) is 45.7 Å². The summed E-state index contributed by atoms with van der Waals surface area (Å²) in [5.41, 5.74) is 6.62. The lowest BCUT2D eigenvalue weighted by atomic mass is 10.1. The third kappa shape index (κ3) is 27.2. The molecule has 5 rings (SSSR count). The van der Waals surface area contributed by atoms with Crippen LogP contribution in [0.3, 0.4) is 0 Å². The summed E-state index contributed by atoms with van der Waals surface area (Å²) in [4.78, 5) is 114. The quantitative estimate of drug-likeness (QED) is 0.0713. The standard InChI is InChI=1S/C19H25N3O5.C12H18N2O4.C12H17NO4.C6H9N3O2.C4H8O.2ClH/c1-19(2,3)27-16(24)8-12-7-14(21(4)10-12)15(23)9-13-11-22(5)17(20-13)18(25)26-6;1-12(2,3)18-9(15)6-8-7-14(4)10(13-8)11(16)17-5;1-12(2,3)17-10(14)6-8-5-9(11(15)16)13(4)7-8;1-9-3-4(7)8-5(9)6(10)11-2;1-3-4(2)5;;/h7,10-11H,8-9H2,1-6H3;7H,6H2,1-5H3;5,7H,6H2,1-4H3,(H,15,16);3H,7H2,1-2H3;3H2,1-2H3;2*1H. The Hall–Kier alpha value is -7.80. The number of carboxylic acid groups (broad SMARTS) is 1. The molecular weight excluding hydrogens is 1090 g/mol. The molecule has 27 heteroatoms. The van der Waals surface area contributed by atoms with Gasteiger partial charge in [0.25, 0.3) is 0 Å². The number of nitrogens with zero attached hydrogens (tertiary/aromatic N) is 8. The lowest BCUT2D eigenvalue weighted by Gasteiger charge is -2.19. The molecule has 0 bridgehead atoms. The number of ketones is 2. The Morgan fingerprint density at radius 3 is 1.11 bits per heavy atom. The molecule has 0 amide bonds. The van der Waals surface area contributed by atoms with Crippen molar-refractivity contribution < 1.29 is 76.7 Å². The highest BCUT2D eigenvalue weighted by atomic mass is 35.5. The van der Waals surface area contributed by atoms with E-state index >= 15 is 0 Å². The van der Waals surface area contributed by atoms with Gasteiger partial charge >= 0.3 is 41.8 Å². The molecule has 0 saturated carbocycles. The van der Waals surface area contributed by atoms with Crippen molar-refractivity contribution in [3.8, 4) is 0 Å². The van der Waals surface area contributed by atoms with Crippen LogP contribution in [0.1, 0.15) is 158 Å². The first-order valence-electron chi connectivity index (χ1n) is 24.1. The molecule has 0 aromatic carbocycles. The van der Waals surface area contributed by atoms with Crippen LogP contribution < -0.4 is 5.73 Å². The maximum Gasteiger partial charge on any atom is 0.374 e. The Morgan fingerprint density at radius 2 is 0.812 bits per heavy atom. The Balaban J connectivity index is 0. The third-order valence-electron chi connectivity index (χ3n) is 9.60. The SMILES string of the molecule is CCC(C)=O.COC(=O)c1nc(CC(=O)OC(C)(C)C)cn1C.COC(=O)c1nc(CC(=O)c2cc(CC(=O)OC(C)(C)C)cn2C)cn1C.COC(=O)c1nc(N)cn1C.Cl.Cl.Cn1cc(CC(=O)OC(C)(C)C)cc1C(=O)O. The number of hydrogen-bond donors (Lipinski definition) is 2. The van der Waals surface area contributed by atoms with Crippen molar-refractivity contribution >= 4 is 84.0 Å². The van der Waals surface area contributed by atoms with Crippen LogP contribution in [0.15, 0.2) is 43.1 Å². The minimum absolute atomic E-state index is 0. The van der Waals surface area contributed by atoms with Gasteiger partial charge in [-0.15, -0.1) is 24.8 Å². The number of aromatic carboxylic acids is 1. The van der Waals surface area contributed by atoms with Gasteiger partial charge in [-0.1, -0.05) is 6.92 Å². The summed E-state index contributed by atoms with van der Waals surface area (Å²) in [7, 11) is 12.2. The van der Waals surface area contributed by atoms with Gasteiger partial charge in [0.1, 0.15) is 34.1 Å². The van der Waals surface area contributed by atoms with Crippen molar-refractivity contribution in [2.75, 3.05) is 27.1 Å². The number of esters is 6. The molecule has 5 aromatic rings. The number of Topliss-reactive ketones (excluding diaryl/α,β-unsaturated/α-hetero) is 2. The number of nitrogen functional groups attached to an aromatic ring is 1. The summed E-state index contributed by atoms with van der Waals surface area (Å²) >= 11 is 0. The molecule has 25 nitrogen and oxygen atoms in total. The van der Waals surface area contributed by atoms with Gasteiger partial charge in [-0.2, -0.15) is 0 Å². The zero-order chi connectivity index (χ0) is 60.2. The average Bonchev–Trinajstić information content (AvgIpc) is 4.12. The molecule has 0 atom stereocenters. The predicted octanol–water partition coefficient (Wildman–Crippen LogP) is 6.17. The van der Waals surface area contributed by atoms with Gasteiger partial charge in [0.15, 0.2) is 5.78 Å². The second kappa shape index (κ2) is 32.9. The largest absolute Gasteiger partial charge is 0.477 e. The van der Waals surface area contributed by atoms with Crippen molar-refractivity contribution in [1.82, 2.24) is 37.8 Å². The molecule has 446 valence electrons. The number of hydrogen-bond acceptors (Lipinski definition) is 19. The summed E-state index contributed by atoms with van der Waals surface area (Å²) < 4.78 is 37.0. The molecule has 0 saturated heterocycles. The van der Waals surface area contributed by atoms with Crippen LogP contribution in [0.25, 0.3) is 0 Å². The van der Waals surface area contributed by atoms with E-state index in [0.29, 0.717) is 40.4 Å². The van der Waals surface area contributed by atoms with Crippen LogP contribution in [0.4, 0.5) is 5.82 Å². The number of anilines is 1. The summed E-state index contributed by atoms with van der Waals surface area (Å²) in [6.07, 6.45) is 9.03. The van der Waals surface area contributed by atoms with Crippen LogP contribution in [0.2, 0.25) is 0 Å². The molecular formula is C53H79Cl2N9O16. The molecule has 5 aromatic heterocycles. The van der Waals surface area contributed by atoms with Crippen LogP contribution in [-0.2, 0) is 109 Å². The lowest BCUT2D eigenvalue weighted by Crippen LogP contribution is -2.25. The highest BCUT2D eigenvalue weighted by Crippen LogP contribution is 2.17. The number of carbonyl (C=O) groups is 9. The molecule has 80 heavy (non-hydrogen) atoms. The van der Waals surface area contributed by atoms with E-state index in [9.17, 15) is 43.2 Å². The van der Waals surface area contributed by atoms with Gasteiger partial charge in [-0.25, -0.2) is 34.1 Å². The van der Waals surface area contributed by atoms with Crippen molar-refractivity contribution in [2.45, 2.75) is 125 Å². The monoisotopic (exact) mass is 1170 g/mol. The van der Waals surface area contributed by atoms with Crippen molar-refractivity contribution in [3.05, 3.63) is 94.5 Å². The smallest absolute Gasteiger partial charge is 0.374 e. The molecule has 5 heterocycles. The summed E-state index contributed by atoms with van der Waals surface area (Å²) in [5.74, 6) is -2.76. The maximum atomic E-state index is 12.6. The second-order valence-corrected chi connectivity index (χ2v) is 20.3. The molecule has 0 aliphatic rings. The molecule has 0 aliphatic carbocycles. The van der Waals surface area contributed by atoms with E-state index in [-0.39, 0.29) is 103 Å². The zero-order valence-electron chi connectivity index (χ0n) is 49.1. The van der Waals surface area contributed by atoms with Crippen molar-refractivity contribution in [1.29, 1.82) is 0 Å². The number of carbonyl (C=O) groups excluding carboxylic acids is 8. The Morgan fingerprint density at radius 1 is 0.500 bits per heavy atom. The topological polar surface area (TPSA) is 319 Å². The van der Waals surface area contributed by atoms with Crippen molar-refractivity contribution in [3.63, 3.8) is 0 Å². The molecule has 0 spiro atoms. The van der Waals surface area contributed by atoms with Crippen LogP contribution in [0.5, 0.6) is 0 Å². The number of aromatic nitrogens is 8. The number of ether oxygens (including phenoxy) is 6. The second-order valence-electron chi connectivity index (χ2n) is 20.3. The lowest BCUT2D eigenvalue weighted by molar-refractivity contribution is -0.155. The number of imidazole rings is 3. The summed E-state index contributed by atoms with van der Waals surface area (Å²) in [6.45, 7) is 19.6. The number of aryl methyl sites for hydroxylation is 5. The summed E-state index contributed by atoms with van der Waals surface area (Å²) in [6, 6.07) is 3.16. The first-order chi connectivity index (χ1) is 35.8. The molecule has 0 aliphatic heterocycles. The predicted molar refractivity (Wildman–Crippen MR) is 298 cm³/mol. The third-order valence-corrected chi connectivity index (χ3v) is 9.60. The van der Waals surface area contributed by atoms with Gasteiger partial charge in [-0.05, 0) is 92.5 Å². The van der Waals surface area contributed by atoms with Gasteiger partial charge in [0.2, 0.25) is 17.5 Å². The zero-order valence-corrected chi connectivity index (χ0v) is 50.8. The average molecular weight is 1170 g/mol. The van der Waals surface area contributed by atoms with Gasteiger partial charge in [-0.3, -0.25) is 19.2 Å². The normalized spacial score (nSPS) is 10.5. The molecule has 0 unspecified atom stereocenters. The van der Waals surface area contributed by atoms with Crippen molar-refractivity contribution in [2.24, 2.45) is 35.2 Å². The van der Waals surface area contributed by atoms with E-state index in [2.05, 4.69) is 29.2 Å². The van der Waals surface area contributed by atoms with Crippen LogP contribution in [0, 0.1) is 0 Å². The van der Waals surface area contributed by atoms with E-state index in [0.717, 1.165) is 0 Å². The highest BCUT2D eigenvalue weighted by Gasteiger charge is 2.23. The van der Waals surface area contributed by atoms with E-state index in [1.807, 2.05) is 6.92 Å².